The molecule has 0 radical (unpaired) electrons. The number of nitrogens with zero attached hydrogens (tertiary/aromatic N) is 3. The molecular formula is C14H23N3O5. The van der Waals surface area contributed by atoms with Gasteiger partial charge < -0.3 is 14.6 Å². The fourth-order valence-corrected chi connectivity index (χ4v) is 2.50. The average Bonchev–Trinajstić information content (AvgIpc) is 2.39. The van der Waals surface area contributed by atoms with Crippen LogP contribution < -0.4 is 0 Å². The first-order valence-corrected chi connectivity index (χ1v) is 7.31. The number of azide groups is 1. The van der Waals surface area contributed by atoms with Gasteiger partial charge in [0.1, 0.15) is 5.60 Å². The number of esters is 2. The average molecular weight is 313 g/mol. The predicted molar refractivity (Wildman–Crippen MR) is 77.6 cm³/mol. The van der Waals surface area contributed by atoms with E-state index in [2.05, 4.69) is 10.0 Å². The second-order valence-electron chi connectivity index (χ2n) is 6.31. The first-order valence-electron chi connectivity index (χ1n) is 7.31. The number of hydrogen-bond donors (Lipinski definition) is 1. The molecule has 0 unspecified atom stereocenters. The Hall–Kier alpha value is -1.79. The molecule has 1 aliphatic carbocycles. The number of ether oxygens (including phenoxy) is 2. The monoisotopic (exact) mass is 313 g/mol. The van der Waals surface area contributed by atoms with Crippen molar-refractivity contribution in [1.82, 2.24) is 0 Å². The Morgan fingerprint density at radius 3 is 2.36 bits per heavy atom. The minimum atomic E-state index is -0.982. The van der Waals surface area contributed by atoms with E-state index in [0.717, 1.165) is 0 Å². The van der Waals surface area contributed by atoms with Gasteiger partial charge in [-0.05, 0) is 46.1 Å². The first kappa shape index (κ1) is 18.3. The molecule has 0 aromatic carbocycles. The molecule has 1 aliphatic rings. The van der Waals surface area contributed by atoms with Crippen LogP contribution in [-0.4, -0.2) is 41.4 Å². The Kier molecular flexibility index (Phi) is 6.20. The van der Waals surface area contributed by atoms with Gasteiger partial charge in [-0.25, -0.2) is 0 Å². The number of aliphatic hydroxyl groups is 1. The third-order valence-electron chi connectivity index (χ3n) is 3.42. The van der Waals surface area contributed by atoms with Gasteiger partial charge in [0.05, 0.1) is 30.6 Å². The van der Waals surface area contributed by atoms with Gasteiger partial charge >= 0.3 is 11.9 Å². The molecule has 4 atom stereocenters. The lowest BCUT2D eigenvalue weighted by molar-refractivity contribution is -0.172. The summed E-state index contributed by atoms with van der Waals surface area (Å²) in [5.41, 5.74) is 7.85. The number of rotatable bonds is 4. The van der Waals surface area contributed by atoms with Crippen LogP contribution in [0, 0.1) is 11.8 Å². The van der Waals surface area contributed by atoms with Crippen molar-refractivity contribution in [2.24, 2.45) is 17.0 Å². The van der Waals surface area contributed by atoms with Crippen LogP contribution >= 0.6 is 0 Å². The van der Waals surface area contributed by atoms with Crippen molar-refractivity contribution in [3.63, 3.8) is 0 Å². The highest BCUT2D eigenvalue weighted by molar-refractivity contribution is 5.82. The van der Waals surface area contributed by atoms with E-state index in [1.54, 1.807) is 27.7 Å². The van der Waals surface area contributed by atoms with E-state index in [0.29, 0.717) is 0 Å². The lowest BCUT2D eigenvalue weighted by Gasteiger charge is -2.36. The highest BCUT2D eigenvalue weighted by Crippen LogP contribution is 2.35. The van der Waals surface area contributed by atoms with Gasteiger partial charge in [-0.2, -0.15) is 0 Å². The lowest BCUT2D eigenvalue weighted by atomic mass is 9.75. The molecule has 1 rings (SSSR count). The summed E-state index contributed by atoms with van der Waals surface area (Å²) >= 11 is 0. The van der Waals surface area contributed by atoms with Crippen molar-refractivity contribution in [2.45, 2.75) is 58.3 Å². The maximum atomic E-state index is 12.3. The fraction of sp³-hybridized carbons (Fsp3) is 0.857. The molecule has 8 nitrogen and oxygen atoms in total. The third kappa shape index (κ3) is 4.89. The first-order chi connectivity index (χ1) is 10.2. The summed E-state index contributed by atoms with van der Waals surface area (Å²) in [5.74, 6) is -2.68. The zero-order valence-electron chi connectivity index (χ0n) is 13.4. The normalized spacial score (nSPS) is 28.4. The standard InChI is InChI=1S/C14H23N3O5/c1-5-21-12(19)9-7-11(18)10(16-17-15)6-8(9)13(20)22-14(2,3)4/h8-11,18H,5-7H2,1-4H3/t8-,9+,10-,11-/m0/s1. The number of hydrogen-bond acceptors (Lipinski definition) is 6. The van der Waals surface area contributed by atoms with Gasteiger partial charge in [0.15, 0.2) is 0 Å². The number of aliphatic hydroxyl groups excluding tert-OH is 1. The Bertz CT molecular complexity index is 468. The van der Waals surface area contributed by atoms with Gasteiger partial charge in [0.2, 0.25) is 0 Å². The highest BCUT2D eigenvalue weighted by Gasteiger charge is 2.45. The van der Waals surface area contributed by atoms with Gasteiger partial charge in [-0.3, -0.25) is 9.59 Å². The van der Waals surface area contributed by atoms with Crippen LogP contribution in [0.15, 0.2) is 5.11 Å². The summed E-state index contributed by atoms with van der Waals surface area (Å²) in [6.07, 6.45) is -0.917. The summed E-state index contributed by atoms with van der Waals surface area (Å²) in [4.78, 5) is 27.1. The quantitative estimate of drug-likeness (QED) is 0.368. The van der Waals surface area contributed by atoms with Crippen molar-refractivity contribution in [2.75, 3.05) is 6.61 Å². The van der Waals surface area contributed by atoms with E-state index in [1.165, 1.54) is 0 Å². The van der Waals surface area contributed by atoms with Crippen LogP contribution in [0.1, 0.15) is 40.5 Å². The summed E-state index contributed by atoms with van der Waals surface area (Å²) in [6.45, 7) is 7.04. The molecule has 22 heavy (non-hydrogen) atoms. The van der Waals surface area contributed by atoms with E-state index in [-0.39, 0.29) is 19.4 Å². The minimum Gasteiger partial charge on any atom is -0.466 e. The van der Waals surface area contributed by atoms with Crippen LogP contribution in [0.4, 0.5) is 0 Å². The van der Waals surface area contributed by atoms with E-state index in [1.807, 2.05) is 0 Å². The van der Waals surface area contributed by atoms with Crippen molar-refractivity contribution < 1.29 is 24.2 Å². The molecule has 0 aromatic heterocycles. The Morgan fingerprint density at radius 1 is 1.27 bits per heavy atom. The van der Waals surface area contributed by atoms with Gasteiger partial charge in [0, 0.05) is 4.91 Å². The summed E-state index contributed by atoms with van der Waals surface area (Å²) < 4.78 is 10.3. The van der Waals surface area contributed by atoms with Crippen molar-refractivity contribution in [3.8, 4) is 0 Å². The SMILES string of the molecule is CCOC(=O)[C@@H]1C[C@H](O)[C@@H](N=[N+]=[N-])C[C@@H]1C(=O)OC(C)(C)C. The van der Waals surface area contributed by atoms with E-state index in [9.17, 15) is 14.7 Å². The largest absolute Gasteiger partial charge is 0.466 e. The highest BCUT2D eigenvalue weighted by atomic mass is 16.6. The van der Waals surface area contributed by atoms with Crippen molar-refractivity contribution >= 4 is 11.9 Å². The maximum Gasteiger partial charge on any atom is 0.310 e. The molecule has 0 amide bonds. The maximum absolute atomic E-state index is 12.3. The number of carbonyl (C=O) groups is 2. The molecule has 0 aromatic rings. The van der Waals surface area contributed by atoms with Crippen molar-refractivity contribution in [1.29, 1.82) is 0 Å². The number of carbonyl (C=O) groups excluding carboxylic acids is 2. The molecule has 0 spiro atoms. The van der Waals surface area contributed by atoms with Crippen LogP contribution in [0.25, 0.3) is 10.4 Å². The fourth-order valence-electron chi connectivity index (χ4n) is 2.50. The Morgan fingerprint density at radius 2 is 1.86 bits per heavy atom. The smallest absolute Gasteiger partial charge is 0.310 e. The molecule has 1 N–H and O–H groups in total. The Labute approximate surface area is 129 Å². The summed E-state index contributed by atoms with van der Waals surface area (Å²) in [5, 5.41) is 13.5. The second kappa shape index (κ2) is 7.47. The van der Waals surface area contributed by atoms with Crippen LogP contribution in [0.3, 0.4) is 0 Å². The topological polar surface area (TPSA) is 122 Å². The molecule has 0 saturated heterocycles. The van der Waals surface area contributed by atoms with Gasteiger partial charge in [-0.15, -0.1) is 0 Å². The predicted octanol–water partition coefficient (Wildman–Crippen LogP) is 1.96. The molecule has 8 heteroatoms. The van der Waals surface area contributed by atoms with Crippen LogP contribution in [0.5, 0.6) is 0 Å². The molecular weight excluding hydrogens is 290 g/mol. The van der Waals surface area contributed by atoms with Gasteiger partial charge in [0.25, 0.3) is 0 Å². The third-order valence-corrected chi connectivity index (χ3v) is 3.42. The minimum absolute atomic E-state index is 0.00638. The summed E-state index contributed by atoms with van der Waals surface area (Å²) in [6, 6.07) is -0.756. The van der Waals surface area contributed by atoms with E-state index in [4.69, 9.17) is 15.0 Å². The van der Waals surface area contributed by atoms with Crippen molar-refractivity contribution in [3.05, 3.63) is 10.4 Å². The zero-order chi connectivity index (χ0) is 16.9. The van der Waals surface area contributed by atoms with Gasteiger partial charge in [-0.1, -0.05) is 5.11 Å². The summed E-state index contributed by atoms with van der Waals surface area (Å²) in [7, 11) is 0. The van der Waals surface area contributed by atoms with E-state index < -0.39 is 41.5 Å². The molecule has 0 bridgehead atoms. The molecule has 0 aliphatic heterocycles. The van der Waals surface area contributed by atoms with E-state index >= 15 is 0 Å². The van der Waals surface area contributed by atoms with Crippen LogP contribution in [0.2, 0.25) is 0 Å². The van der Waals surface area contributed by atoms with Crippen LogP contribution in [-0.2, 0) is 19.1 Å². The molecule has 1 fully saturated rings. The zero-order valence-corrected chi connectivity index (χ0v) is 13.4. The molecule has 0 heterocycles. The lowest BCUT2D eigenvalue weighted by Crippen LogP contribution is -2.46. The molecule has 1 saturated carbocycles. The molecule has 124 valence electrons. The Balaban J connectivity index is 2.99. The second-order valence-corrected chi connectivity index (χ2v) is 6.31.